The van der Waals surface area contributed by atoms with Crippen molar-refractivity contribution in [2.24, 2.45) is 5.41 Å². The highest BCUT2D eigenvalue weighted by Gasteiger charge is 2.40. The van der Waals surface area contributed by atoms with E-state index >= 15 is 0 Å². The number of carbonyl (C=O) groups excluding carboxylic acids is 1. The monoisotopic (exact) mass is 543 g/mol. The summed E-state index contributed by atoms with van der Waals surface area (Å²) < 4.78 is 30.8. The van der Waals surface area contributed by atoms with Gasteiger partial charge in [0.05, 0.1) is 48.9 Å². The normalized spacial score (nSPS) is 18.5. The number of aromatic amines is 1. The molecule has 1 amide bonds. The molecule has 204 valence electrons. The fraction of sp³-hybridized carbons (Fsp3) is 0.250. The number of nitrogens with zero attached hydrogens (tertiary/aromatic N) is 4. The zero-order chi connectivity index (χ0) is 28.1. The van der Waals surface area contributed by atoms with E-state index in [4.69, 9.17) is 24.5 Å². The van der Waals surface area contributed by atoms with Crippen molar-refractivity contribution in [1.29, 1.82) is 5.26 Å². The molecule has 3 heterocycles. The molecule has 2 aromatic carbocycles. The van der Waals surface area contributed by atoms with Crippen LogP contribution in [0.15, 0.2) is 60.8 Å². The van der Waals surface area contributed by atoms with Gasteiger partial charge in [-0.1, -0.05) is 6.07 Å². The van der Waals surface area contributed by atoms with Crippen LogP contribution in [-0.2, 0) is 14.3 Å². The molecule has 1 fully saturated rings. The molecule has 0 saturated carbocycles. The highest BCUT2D eigenvalue weighted by Crippen LogP contribution is 2.35. The Bertz CT molecular complexity index is 1540. The topological polar surface area (TPSA) is 147 Å². The molecule has 0 atom stereocenters. The first kappa shape index (κ1) is 26.7. The van der Waals surface area contributed by atoms with Crippen LogP contribution in [-0.4, -0.2) is 52.7 Å². The van der Waals surface area contributed by atoms with Crippen molar-refractivity contribution < 1.29 is 23.4 Å². The lowest BCUT2D eigenvalue weighted by Gasteiger charge is -2.35. The van der Waals surface area contributed by atoms with Gasteiger partial charge in [-0.05, 0) is 49.4 Å². The predicted molar refractivity (Wildman–Crippen MR) is 143 cm³/mol. The van der Waals surface area contributed by atoms with Gasteiger partial charge in [0.1, 0.15) is 18.1 Å². The van der Waals surface area contributed by atoms with E-state index in [0.717, 1.165) is 5.69 Å². The highest BCUT2D eigenvalue weighted by atomic mass is 19.1. The number of imidazole rings is 1. The Kier molecular flexibility index (Phi) is 7.68. The number of nitrogens with one attached hydrogen (secondary N) is 3. The number of aromatic nitrogens is 4. The summed E-state index contributed by atoms with van der Waals surface area (Å²) in [6, 6.07) is 16.9. The minimum absolute atomic E-state index is 0.0545. The van der Waals surface area contributed by atoms with Crippen LogP contribution in [0.4, 0.5) is 16.0 Å². The summed E-state index contributed by atoms with van der Waals surface area (Å²) >= 11 is 0. The lowest BCUT2D eigenvalue weighted by Crippen LogP contribution is -2.48. The minimum atomic E-state index is -0.962. The van der Waals surface area contributed by atoms with Crippen molar-refractivity contribution in [3.05, 3.63) is 72.4 Å². The van der Waals surface area contributed by atoms with E-state index in [1.54, 1.807) is 38.4 Å². The average Bonchev–Trinajstić information content (AvgIpc) is 3.42. The van der Waals surface area contributed by atoms with Crippen LogP contribution in [0.2, 0.25) is 0 Å². The second-order valence-corrected chi connectivity index (χ2v) is 9.33. The van der Waals surface area contributed by atoms with Crippen LogP contribution < -0.4 is 15.4 Å². The Balaban J connectivity index is 1.44. The third-order valence-corrected chi connectivity index (χ3v) is 6.28. The van der Waals surface area contributed by atoms with Gasteiger partial charge >= 0.3 is 0 Å². The van der Waals surface area contributed by atoms with Gasteiger partial charge in [0, 0.05) is 23.5 Å². The Labute approximate surface area is 229 Å². The van der Waals surface area contributed by atoms with Gasteiger partial charge in [0.2, 0.25) is 18.1 Å². The van der Waals surface area contributed by atoms with Crippen LogP contribution in [0.3, 0.4) is 0 Å². The molecule has 0 aliphatic carbocycles. The number of hydrogen-bond acceptors (Lipinski definition) is 9. The number of anilines is 2. The molecule has 0 unspecified atom stereocenters. The molecule has 0 bridgehead atoms. The van der Waals surface area contributed by atoms with Crippen LogP contribution >= 0.6 is 0 Å². The van der Waals surface area contributed by atoms with E-state index in [2.05, 4.69) is 25.6 Å². The molecule has 11 nitrogen and oxygen atoms in total. The fourth-order valence-electron chi connectivity index (χ4n) is 4.12. The lowest BCUT2D eigenvalue weighted by molar-refractivity contribution is -0.230. The second kappa shape index (κ2) is 11.5. The van der Waals surface area contributed by atoms with E-state index in [0.29, 0.717) is 40.2 Å². The van der Waals surface area contributed by atoms with Crippen molar-refractivity contribution in [2.75, 3.05) is 32.2 Å². The second-order valence-electron chi connectivity index (χ2n) is 9.33. The summed E-state index contributed by atoms with van der Waals surface area (Å²) in [7, 11) is 1.59. The Morgan fingerprint density at radius 1 is 1.20 bits per heavy atom. The molecular weight excluding hydrogens is 517 g/mol. The Hall–Kier alpha value is -4.86. The molecule has 3 N–H and O–H groups in total. The summed E-state index contributed by atoms with van der Waals surface area (Å²) in [5, 5.41) is 14.5. The van der Waals surface area contributed by atoms with Crippen molar-refractivity contribution in [1.82, 2.24) is 25.3 Å². The third-order valence-electron chi connectivity index (χ3n) is 6.28. The number of carbonyl (C=O) groups is 1. The number of benzene rings is 2. The van der Waals surface area contributed by atoms with Crippen molar-refractivity contribution in [3.8, 4) is 34.5 Å². The summed E-state index contributed by atoms with van der Waals surface area (Å²) in [6.07, 6.45) is 0.722. The number of hydrogen-bond donors (Lipinski definition) is 3. The molecule has 1 aliphatic heterocycles. The number of ether oxygens (including phenoxy) is 3. The molecule has 1 aliphatic rings. The molecular formula is C28H26FN7O4. The zero-order valence-corrected chi connectivity index (χ0v) is 21.8. The maximum absolute atomic E-state index is 13.7. The molecule has 5 rings (SSSR count). The van der Waals surface area contributed by atoms with Gasteiger partial charge in [-0.25, -0.2) is 19.3 Å². The smallest absolute Gasteiger partial charge is 0.231 e. The van der Waals surface area contributed by atoms with Crippen LogP contribution in [0, 0.1) is 22.6 Å². The van der Waals surface area contributed by atoms with Crippen LogP contribution in [0.25, 0.3) is 22.6 Å². The minimum Gasteiger partial charge on any atom is -0.497 e. The van der Waals surface area contributed by atoms with Crippen LogP contribution in [0.5, 0.6) is 5.75 Å². The van der Waals surface area contributed by atoms with Gasteiger partial charge in [-0.2, -0.15) is 5.26 Å². The van der Waals surface area contributed by atoms with Gasteiger partial charge in [0.25, 0.3) is 0 Å². The number of amides is 1. The highest BCUT2D eigenvalue weighted by molar-refractivity contribution is 5.83. The van der Waals surface area contributed by atoms with E-state index in [1.807, 2.05) is 30.3 Å². The van der Waals surface area contributed by atoms with E-state index < -0.39 is 11.7 Å². The van der Waals surface area contributed by atoms with E-state index in [1.165, 1.54) is 12.1 Å². The quantitative estimate of drug-likeness (QED) is 0.279. The molecule has 4 aromatic rings. The summed E-state index contributed by atoms with van der Waals surface area (Å²) in [5.41, 5.74) is 2.01. The Morgan fingerprint density at radius 2 is 1.98 bits per heavy atom. The molecule has 40 heavy (non-hydrogen) atoms. The standard InChI is InChI=1S/C28H26FN7O4/c1-28(26(37)31-13-11-30)15-39-25(40-16-28)24-35-22(17-6-8-18(29)9-7-17)23(36-24)21-10-12-32-27(34-21)33-19-4-3-5-20(14-19)38-2/h3-10,12,14,25H,13,15-16H2,1-2H3,(H,31,37)(H,35,36)(H,32,33,34). The van der Waals surface area contributed by atoms with Crippen molar-refractivity contribution in [3.63, 3.8) is 0 Å². The summed E-state index contributed by atoms with van der Waals surface area (Å²) in [6.45, 7) is 1.71. The van der Waals surface area contributed by atoms with Crippen LogP contribution in [0.1, 0.15) is 19.0 Å². The van der Waals surface area contributed by atoms with E-state index in [9.17, 15) is 9.18 Å². The third kappa shape index (κ3) is 5.75. The Morgan fingerprint density at radius 3 is 2.70 bits per heavy atom. The zero-order valence-electron chi connectivity index (χ0n) is 21.8. The van der Waals surface area contributed by atoms with Crippen molar-refractivity contribution in [2.45, 2.75) is 13.2 Å². The SMILES string of the molecule is COc1cccc(Nc2nccc(-c3[nH]c(C4OCC(C)(C(=O)NCC#N)CO4)nc3-c3ccc(F)cc3)n2)c1. The molecule has 12 heteroatoms. The fourth-order valence-corrected chi connectivity index (χ4v) is 4.12. The number of methoxy groups -OCH3 is 1. The lowest BCUT2D eigenvalue weighted by atomic mass is 9.91. The predicted octanol–water partition coefficient (Wildman–Crippen LogP) is 4.12. The summed E-state index contributed by atoms with van der Waals surface area (Å²) in [5.74, 6) is 0.674. The first-order valence-electron chi connectivity index (χ1n) is 12.4. The summed E-state index contributed by atoms with van der Waals surface area (Å²) in [4.78, 5) is 29.4. The maximum atomic E-state index is 13.7. The first-order valence-corrected chi connectivity index (χ1v) is 12.4. The largest absolute Gasteiger partial charge is 0.497 e. The number of H-pyrrole nitrogens is 1. The molecule has 0 radical (unpaired) electrons. The first-order chi connectivity index (χ1) is 19.4. The van der Waals surface area contributed by atoms with Gasteiger partial charge < -0.3 is 29.8 Å². The maximum Gasteiger partial charge on any atom is 0.231 e. The van der Waals surface area contributed by atoms with Gasteiger partial charge in [-0.3, -0.25) is 4.79 Å². The molecule has 1 saturated heterocycles. The number of nitriles is 1. The van der Waals surface area contributed by atoms with Crippen molar-refractivity contribution >= 4 is 17.5 Å². The molecule has 0 spiro atoms. The average molecular weight is 544 g/mol. The number of halogens is 1. The van der Waals surface area contributed by atoms with Gasteiger partial charge in [-0.15, -0.1) is 0 Å². The molecule has 2 aromatic heterocycles. The number of rotatable bonds is 8. The van der Waals surface area contributed by atoms with Gasteiger partial charge in [0.15, 0.2) is 5.82 Å². The van der Waals surface area contributed by atoms with E-state index in [-0.39, 0.29) is 31.5 Å².